The first kappa shape index (κ1) is 29.2. The van der Waals surface area contributed by atoms with E-state index in [4.69, 9.17) is 16.9 Å². The molecule has 0 aromatic heterocycles. The second-order valence-electron chi connectivity index (χ2n) is 8.40. The number of nitrogens with two attached hydrogens (primary N) is 2. The average molecular weight is 524 g/mol. The van der Waals surface area contributed by atoms with Crippen LogP contribution in [0.1, 0.15) is 39.0 Å². The molecule has 36 heavy (non-hydrogen) atoms. The van der Waals surface area contributed by atoms with Crippen LogP contribution in [0.3, 0.4) is 0 Å². The van der Waals surface area contributed by atoms with E-state index in [9.17, 15) is 29.4 Å². The summed E-state index contributed by atoms with van der Waals surface area (Å²) in [7, 11) is 0. The lowest BCUT2D eigenvalue weighted by molar-refractivity contribution is -0.144. The zero-order valence-electron chi connectivity index (χ0n) is 20.0. The summed E-state index contributed by atoms with van der Waals surface area (Å²) in [5.41, 5.74) is 12.3. The van der Waals surface area contributed by atoms with Crippen molar-refractivity contribution in [3.63, 3.8) is 0 Å². The van der Waals surface area contributed by atoms with Crippen molar-refractivity contribution >= 4 is 46.3 Å². The largest absolute Gasteiger partial charge is 0.480 e. The van der Waals surface area contributed by atoms with Crippen LogP contribution in [0, 0.1) is 5.41 Å². The average Bonchev–Trinajstić information content (AvgIpc) is 3.45. The molecular formula is C22H33N7O6S. The van der Waals surface area contributed by atoms with Gasteiger partial charge in [0.15, 0.2) is 6.04 Å². The van der Waals surface area contributed by atoms with E-state index in [0.29, 0.717) is 35.8 Å². The van der Waals surface area contributed by atoms with Crippen molar-refractivity contribution in [2.75, 3.05) is 13.1 Å². The van der Waals surface area contributed by atoms with E-state index in [1.54, 1.807) is 6.08 Å². The number of unbranched alkanes of at least 4 members (excludes halogenated alkanes) is 1. The first-order valence-corrected chi connectivity index (χ1v) is 12.3. The van der Waals surface area contributed by atoms with Gasteiger partial charge in [-0.3, -0.25) is 19.8 Å². The van der Waals surface area contributed by atoms with Crippen molar-refractivity contribution in [2.24, 2.45) is 16.5 Å². The van der Waals surface area contributed by atoms with Crippen molar-refractivity contribution in [3.05, 3.63) is 22.6 Å². The number of thioether (sulfide) groups is 1. The number of aliphatic hydroxyl groups is 1. The molecule has 2 rings (SSSR count). The van der Waals surface area contributed by atoms with Gasteiger partial charge in [-0.25, -0.2) is 9.79 Å². The number of amidine groups is 1. The third kappa shape index (κ3) is 8.86. The van der Waals surface area contributed by atoms with Gasteiger partial charge >= 0.3 is 5.97 Å². The number of carbonyl (C=O) groups excluding carboxylic acids is 3. The lowest BCUT2D eigenvalue weighted by Crippen LogP contribution is -2.49. The number of nitrogens with one attached hydrogen (secondary N) is 4. The van der Waals surface area contributed by atoms with Crippen molar-refractivity contribution < 1.29 is 29.4 Å². The van der Waals surface area contributed by atoms with Crippen molar-refractivity contribution in [3.8, 4) is 0 Å². The number of aliphatic hydroxyl groups excluding tert-OH is 1. The molecule has 0 radical (unpaired) electrons. The van der Waals surface area contributed by atoms with Gasteiger partial charge in [0.2, 0.25) is 17.7 Å². The second kappa shape index (κ2) is 13.9. The number of aliphatic carboxylic acids is 1. The predicted octanol–water partition coefficient (Wildman–Crippen LogP) is -1.28. The molecule has 4 atom stereocenters. The highest BCUT2D eigenvalue weighted by Crippen LogP contribution is 2.32. The third-order valence-electron chi connectivity index (χ3n) is 5.48. The highest BCUT2D eigenvalue weighted by molar-refractivity contribution is 8.17. The normalized spacial score (nSPS) is 20.8. The Morgan fingerprint density at radius 1 is 1.31 bits per heavy atom. The van der Waals surface area contributed by atoms with E-state index >= 15 is 0 Å². The minimum Gasteiger partial charge on any atom is -0.480 e. The molecule has 3 amide bonds. The van der Waals surface area contributed by atoms with Gasteiger partial charge in [-0.15, -0.1) is 0 Å². The Morgan fingerprint density at radius 2 is 2.03 bits per heavy atom. The minimum absolute atomic E-state index is 0.000502. The molecule has 0 saturated heterocycles. The Hall–Kier alpha value is -3.07. The number of nitrogens with zero attached hydrogens (tertiary/aromatic N) is 1. The highest BCUT2D eigenvalue weighted by Gasteiger charge is 2.33. The smallest absolute Gasteiger partial charge is 0.329 e. The van der Waals surface area contributed by atoms with Crippen LogP contribution in [0.25, 0.3) is 0 Å². The lowest BCUT2D eigenvalue weighted by atomic mass is 10.0. The van der Waals surface area contributed by atoms with Crippen molar-refractivity contribution in [1.82, 2.24) is 16.0 Å². The predicted molar refractivity (Wildman–Crippen MR) is 135 cm³/mol. The minimum atomic E-state index is -1.55. The van der Waals surface area contributed by atoms with E-state index in [1.165, 1.54) is 6.92 Å². The lowest BCUT2D eigenvalue weighted by Gasteiger charge is -2.21. The molecule has 0 aromatic rings. The summed E-state index contributed by atoms with van der Waals surface area (Å²) in [5, 5.41) is 36.0. The third-order valence-corrected chi connectivity index (χ3v) is 6.61. The number of carboxylic acids is 1. The van der Waals surface area contributed by atoms with E-state index in [0.717, 1.165) is 17.3 Å². The van der Waals surface area contributed by atoms with Gasteiger partial charge in [0.05, 0.1) is 17.1 Å². The van der Waals surface area contributed by atoms with Gasteiger partial charge in [0.25, 0.3) is 0 Å². The number of rotatable bonds is 13. The zero-order valence-corrected chi connectivity index (χ0v) is 20.8. The topological polar surface area (TPSA) is 233 Å². The number of carboxylic acid groups (broad SMARTS) is 1. The Labute approximate surface area is 212 Å². The maximum atomic E-state index is 12.2. The number of amides is 3. The van der Waals surface area contributed by atoms with Crippen LogP contribution in [-0.2, 0) is 19.2 Å². The molecule has 2 heterocycles. The monoisotopic (exact) mass is 523 g/mol. The molecule has 0 bridgehead atoms. The standard InChI is InChI=1S/C22H33N7O6S/c1-11(30)28-16-6-5-14(36-16)19(32)18(22(34)35)29-15(31)4-2-3-8-27-21(33)13(23)10-12-7-9-26-17(12)20(24)25/h5,7,13,17-19,26,32H,2-4,6,8-10,23H2,1H3,(H3,24,25)(H,27,33)(H,29,31)(H,34,35). The van der Waals surface area contributed by atoms with Crippen LogP contribution in [-0.4, -0.2) is 82.1 Å². The number of allylic oxidation sites excluding steroid dienone is 1. The Kier molecular flexibility index (Phi) is 11.2. The van der Waals surface area contributed by atoms with Gasteiger partial charge in [0.1, 0.15) is 11.9 Å². The van der Waals surface area contributed by atoms with Gasteiger partial charge in [-0.1, -0.05) is 23.9 Å². The molecule has 0 aromatic carbocycles. The Bertz CT molecular complexity index is 980. The van der Waals surface area contributed by atoms with E-state index < -0.39 is 42.0 Å². The molecule has 0 spiro atoms. The molecule has 10 N–H and O–H groups in total. The van der Waals surface area contributed by atoms with Crippen LogP contribution in [0.2, 0.25) is 0 Å². The van der Waals surface area contributed by atoms with Crippen molar-refractivity contribution in [2.45, 2.75) is 63.3 Å². The van der Waals surface area contributed by atoms with Crippen LogP contribution >= 0.6 is 11.8 Å². The summed E-state index contributed by atoms with van der Waals surface area (Å²) < 4.78 is 0. The summed E-state index contributed by atoms with van der Waals surface area (Å²) in [4.78, 5) is 51.3. The Balaban J connectivity index is 1.71. The summed E-state index contributed by atoms with van der Waals surface area (Å²) >= 11 is 1.01. The summed E-state index contributed by atoms with van der Waals surface area (Å²) in [6.45, 7) is 2.13. The highest BCUT2D eigenvalue weighted by atomic mass is 32.2. The molecule has 0 saturated carbocycles. The zero-order chi connectivity index (χ0) is 26.8. The van der Waals surface area contributed by atoms with Gasteiger partial charge in [-0.05, 0) is 24.8 Å². The van der Waals surface area contributed by atoms with Gasteiger partial charge in [0, 0.05) is 37.8 Å². The molecule has 2 aliphatic rings. The fraction of sp³-hybridized carbons (Fsp3) is 0.545. The molecule has 0 fully saturated rings. The summed E-state index contributed by atoms with van der Waals surface area (Å²) in [5.74, 6) is -2.74. The number of hydrogen-bond donors (Lipinski definition) is 8. The van der Waals surface area contributed by atoms with Gasteiger partial charge < -0.3 is 37.6 Å². The van der Waals surface area contributed by atoms with E-state index in [1.807, 2.05) is 6.08 Å². The molecular weight excluding hydrogens is 490 g/mol. The summed E-state index contributed by atoms with van der Waals surface area (Å²) in [6.07, 6.45) is 3.35. The fourth-order valence-electron chi connectivity index (χ4n) is 3.69. The number of carbonyl (C=O) groups is 4. The Morgan fingerprint density at radius 3 is 2.67 bits per heavy atom. The van der Waals surface area contributed by atoms with E-state index in [2.05, 4.69) is 20.9 Å². The maximum Gasteiger partial charge on any atom is 0.329 e. The molecule has 198 valence electrons. The van der Waals surface area contributed by atoms with Crippen LogP contribution < -0.4 is 27.4 Å². The molecule has 14 heteroatoms. The summed E-state index contributed by atoms with van der Waals surface area (Å²) in [6, 6.07) is -2.76. The van der Waals surface area contributed by atoms with Crippen LogP contribution in [0.5, 0.6) is 0 Å². The first-order valence-electron chi connectivity index (χ1n) is 11.4. The SMILES string of the molecule is CC(=O)N=C1CC=C(C(O)C(NC(=O)CCCCNC(=O)C(N)CC2=CCNC2C(=N)N)C(=O)O)S1. The quantitative estimate of drug-likeness (QED) is 0.0616. The van der Waals surface area contributed by atoms with Crippen LogP contribution in [0.4, 0.5) is 0 Å². The first-order chi connectivity index (χ1) is 17.0. The van der Waals surface area contributed by atoms with Gasteiger partial charge in [-0.2, -0.15) is 0 Å². The number of hydrogen-bond acceptors (Lipinski definition) is 9. The van der Waals surface area contributed by atoms with Crippen molar-refractivity contribution in [1.29, 1.82) is 5.41 Å². The van der Waals surface area contributed by atoms with E-state index in [-0.39, 0.29) is 31.1 Å². The molecule has 2 aliphatic heterocycles. The second-order valence-corrected chi connectivity index (χ2v) is 9.55. The maximum absolute atomic E-state index is 12.2. The number of aliphatic imine (C=N–C) groups is 1. The molecule has 13 nitrogen and oxygen atoms in total. The molecule has 0 aliphatic carbocycles. The van der Waals surface area contributed by atoms with Crippen LogP contribution in [0.15, 0.2) is 27.6 Å². The molecule has 4 unspecified atom stereocenters. The fourth-order valence-corrected chi connectivity index (χ4v) is 4.72.